The number of carbonyl (C=O) groups excluding carboxylic acids is 2. The van der Waals surface area contributed by atoms with E-state index in [1.807, 2.05) is 36.4 Å². The lowest BCUT2D eigenvalue weighted by molar-refractivity contribution is 0.0602. The first kappa shape index (κ1) is 20.7. The van der Waals surface area contributed by atoms with Crippen LogP contribution < -0.4 is 5.32 Å². The van der Waals surface area contributed by atoms with Crippen molar-refractivity contribution in [3.63, 3.8) is 0 Å². The Labute approximate surface area is 183 Å². The standard InChI is InChI=1S/C24H21N3O3S/c1-3-6-16-13-19(24(29)30-2)23(31-16)27-22(28)18-14-21(15-9-11-25-12-10-15)26-20-8-5-4-7-17(18)20/h4-5,7-14H,3,6H2,1-2H3,(H,27,28). The number of methoxy groups -OCH3 is 1. The van der Waals surface area contributed by atoms with E-state index >= 15 is 0 Å². The zero-order chi connectivity index (χ0) is 21.8. The predicted octanol–water partition coefficient (Wildman–Crippen LogP) is 5.35. The van der Waals surface area contributed by atoms with E-state index in [1.54, 1.807) is 24.5 Å². The predicted molar refractivity (Wildman–Crippen MR) is 123 cm³/mol. The molecule has 1 N–H and O–H groups in total. The Balaban J connectivity index is 1.77. The number of aryl methyl sites for hydroxylation is 1. The van der Waals surface area contributed by atoms with Crippen LogP contribution in [-0.4, -0.2) is 29.0 Å². The Bertz CT molecular complexity index is 1250. The van der Waals surface area contributed by atoms with Crippen molar-refractivity contribution >= 4 is 39.1 Å². The van der Waals surface area contributed by atoms with Gasteiger partial charge in [0.15, 0.2) is 0 Å². The lowest BCUT2D eigenvalue weighted by Crippen LogP contribution is -2.14. The Morgan fingerprint density at radius 1 is 1.06 bits per heavy atom. The molecule has 0 aliphatic heterocycles. The summed E-state index contributed by atoms with van der Waals surface area (Å²) >= 11 is 1.40. The highest BCUT2D eigenvalue weighted by Gasteiger charge is 2.21. The van der Waals surface area contributed by atoms with E-state index in [9.17, 15) is 9.59 Å². The van der Waals surface area contributed by atoms with Gasteiger partial charge in [-0.1, -0.05) is 31.5 Å². The molecule has 1 aromatic carbocycles. The SMILES string of the molecule is CCCc1cc(C(=O)OC)c(NC(=O)c2cc(-c3ccncc3)nc3ccccc23)s1. The number of ether oxygens (including phenoxy) is 1. The van der Waals surface area contributed by atoms with E-state index in [0.29, 0.717) is 27.3 Å². The Morgan fingerprint density at radius 2 is 1.84 bits per heavy atom. The summed E-state index contributed by atoms with van der Waals surface area (Å²) in [6, 6.07) is 14.8. The van der Waals surface area contributed by atoms with Crippen LogP contribution in [0.25, 0.3) is 22.2 Å². The van der Waals surface area contributed by atoms with E-state index in [2.05, 4.69) is 17.2 Å². The molecule has 4 rings (SSSR count). The van der Waals surface area contributed by atoms with Crippen LogP contribution in [0.3, 0.4) is 0 Å². The van der Waals surface area contributed by atoms with Gasteiger partial charge in [0, 0.05) is 28.2 Å². The molecule has 0 aliphatic rings. The first-order valence-electron chi connectivity index (χ1n) is 9.93. The molecule has 0 saturated heterocycles. The fourth-order valence-corrected chi connectivity index (χ4v) is 4.51. The minimum absolute atomic E-state index is 0.302. The molecule has 0 bridgehead atoms. The smallest absolute Gasteiger partial charge is 0.340 e. The fourth-order valence-electron chi connectivity index (χ4n) is 3.37. The van der Waals surface area contributed by atoms with Crippen molar-refractivity contribution in [1.29, 1.82) is 0 Å². The first-order valence-corrected chi connectivity index (χ1v) is 10.7. The number of nitrogens with one attached hydrogen (secondary N) is 1. The van der Waals surface area contributed by atoms with Crippen LogP contribution in [0.15, 0.2) is 60.9 Å². The molecule has 0 radical (unpaired) electrons. The third kappa shape index (κ3) is 4.32. The number of para-hydroxylation sites is 1. The van der Waals surface area contributed by atoms with E-state index in [-0.39, 0.29) is 5.91 Å². The van der Waals surface area contributed by atoms with Crippen LogP contribution >= 0.6 is 11.3 Å². The van der Waals surface area contributed by atoms with Crippen molar-refractivity contribution in [2.45, 2.75) is 19.8 Å². The first-order chi connectivity index (χ1) is 15.1. The van der Waals surface area contributed by atoms with Gasteiger partial charge in [-0.25, -0.2) is 9.78 Å². The van der Waals surface area contributed by atoms with Gasteiger partial charge in [-0.05, 0) is 36.8 Å². The molecule has 0 spiro atoms. The third-order valence-electron chi connectivity index (χ3n) is 4.85. The number of carbonyl (C=O) groups is 2. The Kier molecular flexibility index (Phi) is 6.04. The zero-order valence-corrected chi connectivity index (χ0v) is 18.0. The number of hydrogen-bond donors (Lipinski definition) is 1. The van der Waals surface area contributed by atoms with Gasteiger partial charge in [-0.15, -0.1) is 11.3 Å². The topological polar surface area (TPSA) is 81.2 Å². The highest BCUT2D eigenvalue weighted by atomic mass is 32.1. The molecule has 1 amide bonds. The summed E-state index contributed by atoms with van der Waals surface area (Å²) in [6.45, 7) is 2.07. The number of aromatic nitrogens is 2. The number of anilines is 1. The van der Waals surface area contributed by atoms with Crippen molar-refractivity contribution in [3.8, 4) is 11.3 Å². The molecule has 156 valence electrons. The fraction of sp³-hybridized carbons (Fsp3) is 0.167. The van der Waals surface area contributed by atoms with Crippen molar-refractivity contribution in [3.05, 3.63) is 76.9 Å². The number of nitrogens with zero attached hydrogens (tertiary/aromatic N) is 2. The second-order valence-electron chi connectivity index (χ2n) is 6.96. The van der Waals surface area contributed by atoms with Crippen molar-refractivity contribution in [2.24, 2.45) is 0 Å². The minimum Gasteiger partial charge on any atom is -0.465 e. The third-order valence-corrected chi connectivity index (χ3v) is 5.96. The van der Waals surface area contributed by atoms with E-state index < -0.39 is 5.97 Å². The molecule has 31 heavy (non-hydrogen) atoms. The monoisotopic (exact) mass is 431 g/mol. The second-order valence-corrected chi connectivity index (χ2v) is 8.10. The number of fused-ring (bicyclic) bond motifs is 1. The second kappa shape index (κ2) is 9.06. The average molecular weight is 432 g/mol. The zero-order valence-electron chi connectivity index (χ0n) is 17.2. The molecule has 0 unspecified atom stereocenters. The van der Waals surface area contributed by atoms with Gasteiger partial charge in [0.2, 0.25) is 0 Å². The van der Waals surface area contributed by atoms with E-state index in [4.69, 9.17) is 9.72 Å². The van der Waals surface area contributed by atoms with Crippen LogP contribution in [0.1, 0.15) is 38.9 Å². The quantitative estimate of drug-likeness (QED) is 0.416. The van der Waals surface area contributed by atoms with Crippen molar-refractivity contribution < 1.29 is 14.3 Å². The van der Waals surface area contributed by atoms with Crippen LogP contribution in [0.5, 0.6) is 0 Å². The highest BCUT2D eigenvalue weighted by molar-refractivity contribution is 7.16. The van der Waals surface area contributed by atoms with Crippen molar-refractivity contribution in [1.82, 2.24) is 9.97 Å². The van der Waals surface area contributed by atoms with Gasteiger partial charge in [-0.3, -0.25) is 9.78 Å². The summed E-state index contributed by atoms with van der Waals surface area (Å²) in [5, 5.41) is 4.16. The van der Waals surface area contributed by atoms with E-state index in [1.165, 1.54) is 18.4 Å². The molecular formula is C24H21N3O3S. The number of amides is 1. The summed E-state index contributed by atoms with van der Waals surface area (Å²) < 4.78 is 4.90. The van der Waals surface area contributed by atoms with Gasteiger partial charge in [-0.2, -0.15) is 0 Å². The molecule has 6 nitrogen and oxygen atoms in total. The van der Waals surface area contributed by atoms with Crippen LogP contribution in [0, 0.1) is 0 Å². The van der Waals surface area contributed by atoms with Gasteiger partial charge in [0.05, 0.1) is 29.4 Å². The number of benzene rings is 1. The van der Waals surface area contributed by atoms with Crippen LogP contribution in [0.4, 0.5) is 5.00 Å². The van der Waals surface area contributed by atoms with Gasteiger partial charge in [0.25, 0.3) is 5.91 Å². The summed E-state index contributed by atoms with van der Waals surface area (Å²) in [6.07, 6.45) is 5.15. The molecule has 4 aromatic rings. The molecule has 0 fully saturated rings. The molecule has 0 saturated carbocycles. The summed E-state index contributed by atoms with van der Waals surface area (Å²) in [5.74, 6) is -0.769. The van der Waals surface area contributed by atoms with Gasteiger partial charge >= 0.3 is 5.97 Å². The highest BCUT2D eigenvalue weighted by Crippen LogP contribution is 2.31. The number of esters is 1. The molecule has 3 heterocycles. The molecule has 3 aromatic heterocycles. The Hall–Kier alpha value is -3.58. The minimum atomic E-state index is -0.467. The maximum absolute atomic E-state index is 13.3. The number of rotatable bonds is 6. The maximum atomic E-state index is 13.3. The summed E-state index contributed by atoms with van der Waals surface area (Å²) in [4.78, 5) is 35.4. The maximum Gasteiger partial charge on any atom is 0.340 e. The lowest BCUT2D eigenvalue weighted by atomic mass is 10.0. The lowest BCUT2D eigenvalue weighted by Gasteiger charge is -2.10. The molecule has 0 atom stereocenters. The molecular weight excluding hydrogens is 410 g/mol. The molecule has 7 heteroatoms. The van der Waals surface area contributed by atoms with Crippen LogP contribution in [-0.2, 0) is 11.2 Å². The largest absolute Gasteiger partial charge is 0.465 e. The number of hydrogen-bond acceptors (Lipinski definition) is 6. The number of thiophene rings is 1. The normalized spacial score (nSPS) is 10.8. The van der Waals surface area contributed by atoms with Gasteiger partial charge < -0.3 is 10.1 Å². The van der Waals surface area contributed by atoms with E-state index in [0.717, 1.165) is 28.7 Å². The summed E-state index contributed by atoms with van der Waals surface area (Å²) in [7, 11) is 1.34. The molecule has 0 aliphatic carbocycles. The summed E-state index contributed by atoms with van der Waals surface area (Å²) in [5.41, 5.74) is 3.12. The van der Waals surface area contributed by atoms with Crippen molar-refractivity contribution in [2.75, 3.05) is 12.4 Å². The van der Waals surface area contributed by atoms with Gasteiger partial charge in [0.1, 0.15) is 5.00 Å². The van der Waals surface area contributed by atoms with Crippen LogP contribution in [0.2, 0.25) is 0 Å². The number of pyridine rings is 2. The average Bonchev–Trinajstić information content (AvgIpc) is 3.20. The Morgan fingerprint density at radius 3 is 2.58 bits per heavy atom.